The van der Waals surface area contributed by atoms with Crippen LogP contribution in [0.15, 0.2) is 23.1 Å². The summed E-state index contributed by atoms with van der Waals surface area (Å²) >= 11 is 0. The Kier molecular flexibility index (Phi) is 6.17. The lowest BCUT2D eigenvalue weighted by Crippen LogP contribution is -2.31. The number of aryl methyl sites for hydroxylation is 1. The van der Waals surface area contributed by atoms with E-state index in [2.05, 4.69) is 6.92 Å². The van der Waals surface area contributed by atoms with Crippen molar-refractivity contribution < 1.29 is 13.5 Å². The Morgan fingerprint density at radius 2 is 1.95 bits per heavy atom. The van der Waals surface area contributed by atoms with Crippen molar-refractivity contribution in [2.45, 2.75) is 45.1 Å². The average molecular weight is 299 g/mol. The molecule has 1 aromatic carbocycles. The molecule has 0 aliphatic carbocycles. The standard InChI is InChI=1S/C15H25NO3S/c1-5-12(3)10-16(4)20(18,19)15-9-13(11-17)7-8-14(15)6-2/h7-9,12,17H,5-6,10-11H2,1-4H3. The highest BCUT2D eigenvalue weighted by Crippen LogP contribution is 2.23. The summed E-state index contributed by atoms with van der Waals surface area (Å²) in [5.41, 5.74) is 1.41. The highest BCUT2D eigenvalue weighted by atomic mass is 32.2. The van der Waals surface area contributed by atoms with Crippen molar-refractivity contribution in [1.82, 2.24) is 4.31 Å². The first-order chi connectivity index (χ1) is 9.36. The average Bonchev–Trinajstić information content (AvgIpc) is 2.46. The van der Waals surface area contributed by atoms with Gasteiger partial charge in [0.15, 0.2) is 0 Å². The second-order valence-electron chi connectivity index (χ2n) is 5.25. The summed E-state index contributed by atoms with van der Waals surface area (Å²) < 4.78 is 26.8. The zero-order chi connectivity index (χ0) is 15.3. The Bertz CT molecular complexity index is 540. The van der Waals surface area contributed by atoms with E-state index in [4.69, 9.17) is 0 Å². The van der Waals surface area contributed by atoms with Crippen LogP contribution in [0.4, 0.5) is 0 Å². The zero-order valence-electron chi connectivity index (χ0n) is 12.8. The molecule has 0 fully saturated rings. The summed E-state index contributed by atoms with van der Waals surface area (Å²) in [6.07, 6.45) is 1.59. The summed E-state index contributed by atoms with van der Waals surface area (Å²) in [5.74, 6) is 0.320. The third kappa shape index (κ3) is 3.81. The molecule has 1 atom stereocenters. The largest absolute Gasteiger partial charge is 0.392 e. The Hall–Kier alpha value is -0.910. The fraction of sp³-hybridized carbons (Fsp3) is 0.600. The summed E-state index contributed by atoms with van der Waals surface area (Å²) in [4.78, 5) is 0.317. The number of aliphatic hydroxyl groups excluding tert-OH is 1. The van der Waals surface area contributed by atoms with Gasteiger partial charge in [-0.15, -0.1) is 0 Å². The van der Waals surface area contributed by atoms with Gasteiger partial charge in [-0.1, -0.05) is 39.3 Å². The second kappa shape index (κ2) is 7.20. The number of rotatable bonds is 7. The molecule has 0 heterocycles. The molecule has 5 heteroatoms. The van der Waals surface area contributed by atoms with Gasteiger partial charge >= 0.3 is 0 Å². The van der Waals surface area contributed by atoms with E-state index >= 15 is 0 Å². The molecule has 1 aromatic rings. The minimum absolute atomic E-state index is 0.151. The van der Waals surface area contributed by atoms with Crippen LogP contribution in [0.1, 0.15) is 38.3 Å². The molecule has 1 rings (SSSR count). The first kappa shape index (κ1) is 17.1. The minimum atomic E-state index is -3.50. The van der Waals surface area contributed by atoms with E-state index in [9.17, 15) is 13.5 Å². The van der Waals surface area contributed by atoms with E-state index in [1.165, 1.54) is 4.31 Å². The fourth-order valence-corrected chi connectivity index (χ4v) is 3.69. The third-order valence-electron chi connectivity index (χ3n) is 3.65. The van der Waals surface area contributed by atoms with E-state index in [-0.39, 0.29) is 6.61 Å². The van der Waals surface area contributed by atoms with Gasteiger partial charge in [-0.2, -0.15) is 0 Å². The van der Waals surface area contributed by atoms with Gasteiger partial charge in [0, 0.05) is 13.6 Å². The van der Waals surface area contributed by atoms with Crippen LogP contribution in [-0.4, -0.2) is 31.4 Å². The highest BCUT2D eigenvalue weighted by Gasteiger charge is 2.24. The molecule has 114 valence electrons. The Balaban J connectivity index is 3.19. The lowest BCUT2D eigenvalue weighted by Gasteiger charge is -2.22. The van der Waals surface area contributed by atoms with Crippen molar-refractivity contribution in [1.29, 1.82) is 0 Å². The highest BCUT2D eigenvalue weighted by molar-refractivity contribution is 7.89. The summed E-state index contributed by atoms with van der Waals surface area (Å²) in [6, 6.07) is 5.14. The fourth-order valence-electron chi connectivity index (χ4n) is 2.06. The minimum Gasteiger partial charge on any atom is -0.392 e. The van der Waals surface area contributed by atoms with E-state index in [1.807, 2.05) is 13.8 Å². The molecular weight excluding hydrogens is 274 g/mol. The third-order valence-corrected chi connectivity index (χ3v) is 5.55. The maximum absolute atomic E-state index is 12.7. The number of nitrogens with zero attached hydrogens (tertiary/aromatic N) is 1. The summed E-state index contributed by atoms with van der Waals surface area (Å²) in [6.45, 7) is 6.38. The van der Waals surface area contributed by atoms with Crippen molar-refractivity contribution in [2.75, 3.05) is 13.6 Å². The molecule has 0 saturated carbocycles. The van der Waals surface area contributed by atoms with Gasteiger partial charge in [0.1, 0.15) is 0 Å². The first-order valence-corrected chi connectivity index (χ1v) is 8.49. The van der Waals surface area contributed by atoms with Crippen molar-refractivity contribution in [2.24, 2.45) is 5.92 Å². The van der Waals surface area contributed by atoms with Gasteiger partial charge < -0.3 is 5.11 Å². The smallest absolute Gasteiger partial charge is 0.243 e. The van der Waals surface area contributed by atoms with Crippen molar-refractivity contribution in [3.8, 4) is 0 Å². The normalized spacial score (nSPS) is 13.7. The molecule has 0 saturated heterocycles. The van der Waals surface area contributed by atoms with Gasteiger partial charge in [0.25, 0.3) is 0 Å². The van der Waals surface area contributed by atoms with E-state index in [0.29, 0.717) is 29.3 Å². The zero-order valence-corrected chi connectivity index (χ0v) is 13.6. The summed E-state index contributed by atoms with van der Waals surface area (Å²) in [5, 5.41) is 9.21. The number of hydrogen-bond acceptors (Lipinski definition) is 3. The van der Waals surface area contributed by atoms with Crippen molar-refractivity contribution in [3.05, 3.63) is 29.3 Å². The molecule has 0 aromatic heterocycles. The maximum Gasteiger partial charge on any atom is 0.243 e. The van der Waals surface area contributed by atoms with Gasteiger partial charge in [-0.3, -0.25) is 0 Å². The Morgan fingerprint density at radius 3 is 2.45 bits per heavy atom. The topological polar surface area (TPSA) is 57.6 Å². The number of sulfonamides is 1. The van der Waals surface area contributed by atoms with Crippen LogP contribution in [0.5, 0.6) is 0 Å². The number of benzene rings is 1. The van der Waals surface area contributed by atoms with Crippen LogP contribution < -0.4 is 0 Å². The predicted octanol–water partition coefficient (Wildman–Crippen LogP) is 2.41. The Morgan fingerprint density at radius 1 is 1.30 bits per heavy atom. The number of hydrogen-bond donors (Lipinski definition) is 1. The van der Waals surface area contributed by atoms with Crippen LogP contribution in [0.3, 0.4) is 0 Å². The van der Waals surface area contributed by atoms with Gasteiger partial charge in [0.2, 0.25) is 10.0 Å². The molecule has 0 spiro atoms. The molecule has 0 radical (unpaired) electrons. The van der Waals surface area contributed by atoms with E-state index in [0.717, 1.165) is 12.0 Å². The molecular formula is C15H25NO3S. The monoisotopic (exact) mass is 299 g/mol. The molecule has 0 amide bonds. The van der Waals surface area contributed by atoms with Crippen LogP contribution in [0, 0.1) is 5.92 Å². The van der Waals surface area contributed by atoms with Crippen LogP contribution in [0.25, 0.3) is 0 Å². The van der Waals surface area contributed by atoms with E-state index in [1.54, 1.807) is 25.2 Å². The summed E-state index contributed by atoms with van der Waals surface area (Å²) in [7, 11) is -1.88. The maximum atomic E-state index is 12.7. The van der Waals surface area contributed by atoms with Crippen LogP contribution >= 0.6 is 0 Å². The SMILES string of the molecule is CCc1ccc(CO)cc1S(=O)(=O)N(C)CC(C)CC. The number of aliphatic hydroxyl groups is 1. The van der Waals surface area contributed by atoms with Gasteiger partial charge in [0.05, 0.1) is 11.5 Å². The molecule has 0 bridgehead atoms. The first-order valence-electron chi connectivity index (χ1n) is 7.05. The van der Waals surface area contributed by atoms with Crippen molar-refractivity contribution in [3.63, 3.8) is 0 Å². The quantitative estimate of drug-likeness (QED) is 0.841. The lowest BCUT2D eigenvalue weighted by molar-refractivity contribution is 0.281. The van der Waals surface area contributed by atoms with Gasteiger partial charge in [-0.25, -0.2) is 12.7 Å². The Labute approximate surface area is 122 Å². The molecule has 4 nitrogen and oxygen atoms in total. The molecule has 20 heavy (non-hydrogen) atoms. The van der Waals surface area contributed by atoms with Crippen LogP contribution in [0.2, 0.25) is 0 Å². The molecule has 0 aliphatic heterocycles. The molecule has 1 unspecified atom stereocenters. The van der Waals surface area contributed by atoms with Crippen molar-refractivity contribution >= 4 is 10.0 Å². The second-order valence-corrected chi connectivity index (χ2v) is 7.27. The van der Waals surface area contributed by atoms with Gasteiger partial charge in [-0.05, 0) is 29.5 Å². The molecule has 0 aliphatic rings. The van der Waals surface area contributed by atoms with Crippen LogP contribution in [-0.2, 0) is 23.1 Å². The lowest BCUT2D eigenvalue weighted by atomic mass is 10.1. The molecule has 1 N–H and O–H groups in total. The predicted molar refractivity (Wildman–Crippen MR) is 81.0 cm³/mol. The van der Waals surface area contributed by atoms with E-state index < -0.39 is 10.0 Å².